The molecule has 0 nitrogen and oxygen atoms in total. The minimum atomic E-state index is -0.335. The number of fused-ring (bicyclic) bond motifs is 1. The van der Waals surface area contributed by atoms with Gasteiger partial charge >= 0.3 is 78.3 Å². The van der Waals surface area contributed by atoms with Crippen LogP contribution in [0.2, 0.25) is 0 Å². The van der Waals surface area contributed by atoms with E-state index in [2.05, 4.69) is 41.7 Å². The topological polar surface area (TPSA) is 0 Å². The van der Waals surface area contributed by atoms with Crippen LogP contribution >= 0.6 is 16.6 Å². The van der Waals surface area contributed by atoms with E-state index in [0.29, 0.717) is 0 Å². The van der Waals surface area contributed by atoms with E-state index in [1.165, 1.54) is 5.56 Å². The van der Waals surface area contributed by atoms with Gasteiger partial charge < -0.3 is 0 Å². The van der Waals surface area contributed by atoms with Gasteiger partial charge in [0.15, 0.2) is 0 Å². The Kier molecular flexibility index (Phi) is 2.30. The molecular formula is C7H6PbS2. The average molecular weight is 361 g/mol. The quantitative estimate of drug-likeness (QED) is 0.652. The zero-order chi connectivity index (χ0) is 6.97. The van der Waals surface area contributed by atoms with Crippen molar-refractivity contribution in [2.45, 2.75) is 16.7 Å². The van der Waals surface area contributed by atoms with Crippen LogP contribution in [0.4, 0.5) is 0 Å². The fraction of sp³-hybridized carbons (Fsp3) is 0.143. The van der Waals surface area contributed by atoms with Crippen molar-refractivity contribution in [2.24, 2.45) is 0 Å². The molecule has 1 heterocycles. The van der Waals surface area contributed by atoms with Crippen molar-refractivity contribution >= 4 is 37.9 Å². The molecule has 0 bridgehead atoms. The molecule has 2 radical (unpaired) electrons. The molecule has 10 heavy (non-hydrogen) atoms. The third kappa shape index (κ3) is 1.25. The number of aryl methyl sites for hydroxylation is 1. The first kappa shape index (κ1) is 7.49. The predicted octanol–water partition coefficient (Wildman–Crippen LogP) is 2.73. The Bertz CT molecular complexity index is 260. The Balaban J connectivity index is 2.59. The zero-order valence-electron chi connectivity index (χ0n) is 5.55. The Morgan fingerprint density at radius 1 is 1.30 bits per heavy atom. The predicted molar refractivity (Wildman–Crippen MR) is 48.6 cm³/mol. The third-order valence-electron chi connectivity index (χ3n) is 1.47. The molecule has 0 aromatic heterocycles. The summed E-state index contributed by atoms with van der Waals surface area (Å²) in [5.41, 5.74) is 1.47. The molecule has 0 saturated heterocycles. The second-order valence-electron chi connectivity index (χ2n) is 2.19. The van der Waals surface area contributed by atoms with Gasteiger partial charge in [-0.1, -0.05) is 0 Å². The van der Waals surface area contributed by atoms with Crippen LogP contribution in [0.1, 0.15) is 5.56 Å². The Hall–Kier alpha value is 0.842. The van der Waals surface area contributed by atoms with Gasteiger partial charge in [0.2, 0.25) is 0 Å². The molecular weight excluding hydrogens is 355 g/mol. The van der Waals surface area contributed by atoms with Gasteiger partial charge in [0.1, 0.15) is 0 Å². The van der Waals surface area contributed by atoms with E-state index in [4.69, 9.17) is 0 Å². The van der Waals surface area contributed by atoms with Gasteiger partial charge in [0.05, 0.1) is 0 Å². The fourth-order valence-corrected chi connectivity index (χ4v) is 17.2. The van der Waals surface area contributed by atoms with E-state index >= 15 is 0 Å². The van der Waals surface area contributed by atoms with Gasteiger partial charge in [-0.3, -0.25) is 0 Å². The third-order valence-corrected chi connectivity index (χ3v) is 14.3. The summed E-state index contributed by atoms with van der Waals surface area (Å²) in [6.07, 6.45) is 0. The maximum absolute atomic E-state index is 2.25. The summed E-state index contributed by atoms with van der Waals surface area (Å²) in [4.78, 5) is 3.13. The number of benzene rings is 1. The molecule has 1 aliphatic heterocycles. The van der Waals surface area contributed by atoms with Gasteiger partial charge in [0.25, 0.3) is 0 Å². The minimum absolute atomic E-state index is 0.335. The summed E-state index contributed by atoms with van der Waals surface area (Å²) in [7, 11) is 4.29. The monoisotopic (exact) mass is 362 g/mol. The number of hydrogen-bond acceptors (Lipinski definition) is 2. The van der Waals surface area contributed by atoms with Crippen LogP contribution in [0.3, 0.4) is 0 Å². The molecule has 3 heteroatoms. The van der Waals surface area contributed by atoms with Crippen LogP contribution in [-0.4, -0.2) is 21.2 Å². The van der Waals surface area contributed by atoms with Crippen LogP contribution in [-0.2, 0) is 0 Å². The molecule has 0 unspecified atom stereocenters. The van der Waals surface area contributed by atoms with Crippen LogP contribution in [0.25, 0.3) is 0 Å². The Morgan fingerprint density at radius 2 is 2.20 bits per heavy atom. The van der Waals surface area contributed by atoms with Crippen LogP contribution in [0.15, 0.2) is 28.0 Å². The summed E-state index contributed by atoms with van der Waals surface area (Å²) in [6.45, 7) is 2.21. The van der Waals surface area contributed by atoms with E-state index < -0.39 is 0 Å². The van der Waals surface area contributed by atoms with Crippen molar-refractivity contribution in [3.05, 3.63) is 23.8 Å². The van der Waals surface area contributed by atoms with Crippen molar-refractivity contribution in [3.8, 4) is 0 Å². The molecule has 0 saturated carbocycles. The molecule has 0 aliphatic carbocycles. The van der Waals surface area contributed by atoms with Gasteiger partial charge in [0, 0.05) is 0 Å². The van der Waals surface area contributed by atoms with Crippen LogP contribution in [0, 0.1) is 6.92 Å². The molecule has 0 N–H and O–H groups in total. The fourth-order valence-electron chi connectivity index (χ4n) is 0.944. The molecule has 0 spiro atoms. The second kappa shape index (κ2) is 3.07. The van der Waals surface area contributed by atoms with Crippen molar-refractivity contribution in [1.82, 2.24) is 0 Å². The van der Waals surface area contributed by atoms with E-state index in [-0.39, 0.29) is 21.2 Å². The van der Waals surface area contributed by atoms with Gasteiger partial charge in [-0.2, -0.15) is 0 Å². The second-order valence-corrected chi connectivity index (χ2v) is 14.7. The molecule has 0 amide bonds. The van der Waals surface area contributed by atoms with E-state index in [0.717, 1.165) is 0 Å². The SMILES string of the molecule is Cc1cccc2c1[S][Pb][S]2. The van der Waals surface area contributed by atoms with Crippen molar-refractivity contribution in [1.29, 1.82) is 0 Å². The van der Waals surface area contributed by atoms with Crippen molar-refractivity contribution < 1.29 is 0 Å². The first-order valence-electron chi connectivity index (χ1n) is 3.06. The molecule has 2 rings (SSSR count). The average Bonchev–Trinajstić information content (AvgIpc) is 2.36. The van der Waals surface area contributed by atoms with E-state index in [9.17, 15) is 0 Å². The van der Waals surface area contributed by atoms with Crippen LogP contribution in [0.5, 0.6) is 0 Å². The maximum atomic E-state index is 2.25. The Morgan fingerprint density at radius 3 is 3.00 bits per heavy atom. The van der Waals surface area contributed by atoms with Gasteiger partial charge in [-0.25, -0.2) is 0 Å². The Labute approximate surface area is 77.7 Å². The first-order valence-corrected chi connectivity index (χ1v) is 14.2. The number of rotatable bonds is 0. The summed E-state index contributed by atoms with van der Waals surface area (Å²) in [6, 6.07) is 6.62. The summed E-state index contributed by atoms with van der Waals surface area (Å²) in [5, 5.41) is 0. The summed E-state index contributed by atoms with van der Waals surface area (Å²) >= 11 is -0.335. The summed E-state index contributed by atoms with van der Waals surface area (Å²) in [5.74, 6) is 0. The van der Waals surface area contributed by atoms with Crippen molar-refractivity contribution in [3.63, 3.8) is 0 Å². The first-order chi connectivity index (χ1) is 4.88. The van der Waals surface area contributed by atoms with E-state index in [1.807, 2.05) is 0 Å². The van der Waals surface area contributed by atoms with Gasteiger partial charge in [-0.15, -0.1) is 0 Å². The molecule has 50 valence electrons. The van der Waals surface area contributed by atoms with Crippen LogP contribution < -0.4 is 0 Å². The molecule has 0 atom stereocenters. The van der Waals surface area contributed by atoms with E-state index in [1.54, 1.807) is 9.79 Å². The molecule has 0 fully saturated rings. The molecule has 1 aromatic carbocycles. The van der Waals surface area contributed by atoms with Crippen molar-refractivity contribution in [2.75, 3.05) is 0 Å². The molecule has 1 aliphatic rings. The standard InChI is InChI=1S/C7H8S2.Pb/c1-5-3-2-4-6(8)7(5)9;/h2-4,8-9H,1H3;/q;+2/p-2. The number of hydrogen-bond donors (Lipinski definition) is 0. The summed E-state index contributed by atoms with van der Waals surface area (Å²) < 4.78 is 0. The molecule has 1 aromatic rings. The van der Waals surface area contributed by atoms with Gasteiger partial charge in [-0.05, 0) is 0 Å². The normalized spacial score (nSPS) is 15.3. The zero-order valence-corrected chi connectivity index (χ0v) is 11.1.